The van der Waals surface area contributed by atoms with E-state index in [1.807, 2.05) is 6.07 Å². The zero-order valence-electron chi connectivity index (χ0n) is 7.19. The summed E-state index contributed by atoms with van der Waals surface area (Å²) >= 11 is 1.77. The predicted molar refractivity (Wildman–Crippen MR) is 53.6 cm³/mol. The van der Waals surface area contributed by atoms with Gasteiger partial charge in [-0.2, -0.15) is 0 Å². The molecule has 2 rings (SSSR count). The Balaban J connectivity index is 1.76. The zero-order chi connectivity index (χ0) is 8.93. The van der Waals surface area contributed by atoms with Crippen LogP contribution in [-0.4, -0.2) is 0 Å². The van der Waals surface area contributed by atoms with E-state index in [0.717, 1.165) is 13.1 Å². The Morgan fingerprint density at radius 1 is 1.31 bits per heavy atom. The number of rotatable bonds is 4. The van der Waals surface area contributed by atoms with Crippen LogP contribution in [0.2, 0.25) is 0 Å². The lowest BCUT2D eigenvalue weighted by molar-refractivity contribution is 0.560. The first kappa shape index (κ1) is 8.53. The van der Waals surface area contributed by atoms with Crippen LogP contribution in [0.5, 0.6) is 0 Å². The van der Waals surface area contributed by atoms with Gasteiger partial charge in [0.25, 0.3) is 0 Å². The van der Waals surface area contributed by atoms with E-state index in [-0.39, 0.29) is 0 Å². The first-order chi connectivity index (χ1) is 6.45. The monoisotopic (exact) mass is 193 g/mol. The second kappa shape index (κ2) is 4.25. The van der Waals surface area contributed by atoms with E-state index in [0.29, 0.717) is 0 Å². The summed E-state index contributed by atoms with van der Waals surface area (Å²) in [7, 11) is 0. The van der Waals surface area contributed by atoms with Crippen molar-refractivity contribution in [1.29, 1.82) is 0 Å². The fourth-order valence-electron chi connectivity index (χ4n) is 1.14. The molecule has 68 valence electrons. The highest BCUT2D eigenvalue weighted by atomic mass is 32.1. The molecule has 2 aromatic heterocycles. The zero-order valence-corrected chi connectivity index (χ0v) is 8.01. The minimum Gasteiger partial charge on any atom is -0.472 e. The van der Waals surface area contributed by atoms with Gasteiger partial charge in [-0.25, -0.2) is 0 Å². The number of nitrogens with one attached hydrogen (secondary N) is 1. The topological polar surface area (TPSA) is 25.2 Å². The highest BCUT2D eigenvalue weighted by Gasteiger charge is 1.94. The van der Waals surface area contributed by atoms with Gasteiger partial charge in [-0.05, 0) is 17.5 Å². The Kier molecular flexibility index (Phi) is 2.79. The maximum atomic E-state index is 4.96. The summed E-state index contributed by atoms with van der Waals surface area (Å²) < 4.78 is 4.96. The van der Waals surface area contributed by atoms with Gasteiger partial charge in [0.05, 0.1) is 12.5 Å². The van der Waals surface area contributed by atoms with Gasteiger partial charge in [0.2, 0.25) is 0 Å². The quantitative estimate of drug-likeness (QED) is 0.807. The van der Waals surface area contributed by atoms with Crippen molar-refractivity contribution in [3.05, 3.63) is 46.5 Å². The molecule has 0 saturated heterocycles. The minimum absolute atomic E-state index is 0.869. The van der Waals surface area contributed by atoms with Crippen molar-refractivity contribution in [2.45, 2.75) is 13.1 Å². The number of hydrogen-bond donors (Lipinski definition) is 1. The van der Waals surface area contributed by atoms with Gasteiger partial charge in [-0.3, -0.25) is 0 Å². The molecule has 2 heterocycles. The molecule has 0 aliphatic rings. The first-order valence-electron chi connectivity index (χ1n) is 4.19. The highest BCUT2D eigenvalue weighted by molar-refractivity contribution is 7.09. The third-order valence-electron chi connectivity index (χ3n) is 1.79. The third kappa shape index (κ3) is 2.44. The van der Waals surface area contributed by atoms with E-state index in [2.05, 4.69) is 22.8 Å². The Morgan fingerprint density at radius 3 is 3.00 bits per heavy atom. The van der Waals surface area contributed by atoms with Crippen LogP contribution < -0.4 is 5.32 Å². The van der Waals surface area contributed by atoms with Crippen LogP contribution in [0.4, 0.5) is 0 Å². The van der Waals surface area contributed by atoms with Gasteiger partial charge in [-0.1, -0.05) is 6.07 Å². The molecule has 0 aromatic carbocycles. The molecule has 0 aliphatic carbocycles. The van der Waals surface area contributed by atoms with E-state index in [9.17, 15) is 0 Å². The molecule has 0 spiro atoms. The van der Waals surface area contributed by atoms with Crippen LogP contribution in [0.25, 0.3) is 0 Å². The second-order valence-electron chi connectivity index (χ2n) is 2.81. The summed E-state index contributed by atoms with van der Waals surface area (Å²) in [6, 6.07) is 6.17. The molecule has 1 N–H and O–H groups in total. The SMILES string of the molecule is c1csc(CNCc2ccoc2)c1. The van der Waals surface area contributed by atoms with Crippen molar-refractivity contribution < 1.29 is 4.42 Å². The lowest BCUT2D eigenvalue weighted by Gasteiger charge is -1.99. The van der Waals surface area contributed by atoms with Crippen molar-refractivity contribution in [2.24, 2.45) is 0 Å². The molecule has 0 bridgehead atoms. The lowest BCUT2D eigenvalue weighted by Crippen LogP contribution is -2.10. The summed E-state index contributed by atoms with van der Waals surface area (Å²) in [5.74, 6) is 0. The molecule has 0 aliphatic heterocycles. The van der Waals surface area contributed by atoms with Crippen LogP contribution in [0.15, 0.2) is 40.5 Å². The van der Waals surface area contributed by atoms with Crippen LogP contribution in [-0.2, 0) is 13.1 Å². The fourth-order valence-corrected chi connectivity index (χ4v) is 1.81. The molecule has 0 unspecified atom stereocenters. The first-order valence-corrected chi connectivity index (χ1v) is 5.07. The van der Waals surface area contributed by atoms with E-state index in [1.165, 1.54) is 10.4 Å². The van der Waals surface area contributed by atoms with Gasteiger partial charge in [-0.15, -0.1) is 11.3 Å². The summed E-state index contributed by atoms with van der Waals surface area (Å²) in [6.45, 7) is 1.80. The molecule has 2 nitrogen and oxygen atoms in total. The Labute approximate surface area is 81.2 Å². The summed E-state index contributed by atoms with van der Waals surface area (Å²) in [6.07, 6.45) is 3.46. The highest BCUT2D eigenvalue weighted by Crippen LogP contribution is 2.08. The number of hydrogen-bond acceptors (Lipinski definition) is 3. The number of thiophene rings is 1. The average Bonchev–Trinajstić information content (AvgIpc) is 2.75. The molecule has 0 amide bonds. The average molecular weight is 193 g/mol. The molecule has 13 heavy (non-hydrogen) atoms. The molecular formula is C10H11NOS. The third-order valence-corrected chi connectivity index (χ3v) is 2.66. The summed E-state index contributed by atoms with van der Waals surface area (Å²) in [5, 5.41) is 5.43. The van der Waals surface area contributed by atoms with E-state index in [4.69, 9.17) is 4.42 Å². The maximum Gasteiger partial charge on any atom is 0.0947 e. The van der Waals surface area contributed by atoms with Crippen LogP contribution >= 0.6 is 11.3 Å². The number of furan rings is 1. The molecule has 0 saturated carbocycles. The predicted octanol–water partition coefficient (Wildman–Crippen LogP) is 2.63. The van der Waals surface area contributed by atoms with Gasteiger partial charge in [0.1, 0.15) is 0 Å². The standard InChI is InChI=1S/C10H11NOS/c1-2-10(13-5-1)7-11-6-9-3-4-12-8-9/h1-5,8,11H,6-7H2. The molecular weight excluding hydrogens is 182 g/mol. The van der Waals surface area contributed by atoms with Crippen molar-refractivity contribution in [2.75, 3.05) is 0 Å². The maximum absolute atomic E-state index is 4.96. The van der Waals surface area contributed by atoms with Crippen LogP contribution in [0.1, 0.15) is 10.4 Å². The van der Waals surface area contributed by atoms with Crippen molar-refractivity contribution in [1.82, 2.24) is 5.32 Å². The smallest absolute Gasteiger partial charge is 0.0947 e. The lowest BCUT2D eigenvalue weighted by atomic mass is 10.3. The summed E-state index contributed by atoms with van der Waals surface area (Å²) in [5.41, 5.74) is 1.19. The normalized spacial score (nSPS) is 10.5. The molecule has 3 heteroatoms. The van der Waals surface area contributed by atoms with Crippen molar-refractivity contribution in [3.8, 4) is 0 Å². The van der Waals surface area contributed by atoms with Gasteiger partial charge >= 0.3 is 0 Å². The molecule has 0 fully saturated rings. The Bertz CT molecular complexity index is 291. The Hall–Kier alpha value is -1.06. The van der Waals surface area contributed by atoms with Gasteiger partial charge in [0.15, 0.2) is 0 Å². The molecule has 0 atom stereocenters. The van der Waals surface area contributed by atoms with Crippen molar-refractivity contribution in [3.63, 3.8) is 0 Å². The Morgan fingerprint density at radius 2 is 2.31 bits per heavy atom. The van der Waals surface area contributed by atoms with Crippen LogP contribution in [0.3, 0.4) is 0 Å². The molecule has 0 radical (unpaired) electrons. The van der Waals surface area contributed by atoms with E-state index < -0.39 is 0 Å². The van der Waals surface area contributed by atoms with E-state index in [1.54, 1.807) is 23.9 Å². The minimum atomic E-state index is 0.869. The van der Waals surface area contributed by atoms with E-state index >= 15 is 0 Å². The molecule has 2 aromatic rings. The van der Waals surface area contributed by atoms with Crippen LogP contribution in [0, 0.1) is 0 Å². The fraction of sp³-hybridized carbons (Fsp3) is 0.200. The van der Waals surface area contributed by atoms with Gasteiger partial charge < -0.3 is 9.73 Å². The largest absolute Gasteiger partial charge is 0.472 e. The summed E-state index contributed by atoms with van der Waals surface area (Å²) in [4.78, 5) is 1.36. The van der Waals surface area contributed by atoms with Gasteiger partial charge in [0, 0.05) is 23.5 Å². The second-order valence-corrected chi connectivity index (χ2v) is 3.85. The van der Waals surface area contributed by atoms with Crippen molar-refractivity contribution >= 4 is 11.3 Å².